The van der Waals surface area contributed by atoms with Crippen LogP contribution in [-0.4, -0.2) is 33.1 Å². The molecular formula is C19H14FN5O. The van der Waals surface area contributed by atoms with Gasteiger partial charge in [-0.05, 0) is 35.4 Å². The van der Waals surface area contributed by atoms with Crippen LogP contribution in [0.2, 0.25) is 0 Å². The molecule has 26 heavy (non-hydrogen) atoms. The van der Waals surface area contributed by atoms with Gasteiger partial charge in [0.2, 0.25) is 0 Å². The fourth-order valence-electron chi connectivity index (χ4n) is 2.85. The summed E-state index contributed by atoms with van der Waals surface area (Å²) in [5.41, 5.74) is 4.47. The summed E-state index contributed by atoms with van der Waals surface area (Å²) in [5, 5.41) is 10.5. The van der Waals surface area contributed by atoms with E-state index in [1.54, 1.807) is 56.0 Å². The van der Waals surface area contributed by atoms with Crippen LogP contribution >= 0.6 is 0 Å². The summed E-state index contributed by atoms with van der Waals surface area (Å²) in [6.07, 6.45) is 3.16. The van der Waals surface area contributed by atoms with Crippen molar-refractivity contribution in [3.63, 3.8) is 0 Å². The second-order valence-corrected chi connectivity index (χ2v) is 5.71. The zero-order valence-electron chi connectivity index (χ0n) is 13.8. The lowest BCUT2D eigenvalue weighted by molar-refractivity contribution is 0.0963. The number of nitrogens with one attached hydrogen (secondary N) is 2. The highest BCUT2D eigenvalue weighted by atomic mass is 19.1. The van der Waals surface area contributed by atoms with E-state index in [1.165, 1.54) is 6.07 Å². The highest BCUT2D eigenvalue weighted by Crippen LogP contribution is 2.31. The van der Waals surface area contributed by atoms with Gasteiger partial charge in [-0.2, -0.15) is 5.10 Å². The Hall–Kier alpha value is -3.61. The summed E-state index contributed by atoms with van der Waals surface area (Å²) in [6, 6.07) is 11.6. The lowest BCUT2D eigenvalue weighted by Gasteiger charge is -2.09. The van der Waals surface area contributed by atoms with Gasteiger partial charge in [-0.1, -0.05) is 18.2 Å². The van der Waals surface area contributed by atoms with Crippen LogP contribution in [0.25, 0.3) is 33.4 Å². The Balaban J connectivity index is 1.80. The highest BCUT2D eigenvalue weighted by molar-refractivity contribution is 5.94. The number of imidazole rings is 1. The van der Waals surface area contributed by atoms with E-state index in [9.17, 15) is 9.18 Å². The third kappa shape index (κ3) is 2.69. The van der Waals surface area contributed by atoms with Crippen molar-refractivity contribution in [1.29, 1.82) is 0 Å². The Labute approximate surface area is 148 Å². The largest absolute Gasteiger partial charge is 0.355 e. The van der Waals surface area contributed by atoms with Crippen molar-refractivity contribution in [2.24, 2.45) is 0 Å². The van der Waals surface area contributed by atoms with E-state index in [4.69, 9.17) is 0 Å². The van der Waals surface area contributed by atoms with Crippen LogP contribution in [0.1, 0.15) is 10.4 Å². The first-order valence-electron chi connectivity index (χ1n) is 7.94. The molecule has 0 unspecified atom stereocenters. The van der Waals surface area contributed by atoms with Gasteiger partial charge in [0.1, 0.15) is 5.82 Å². The van der Waals surface area contributed by atoms with Gasteiger partial charge >= 0.3 is 0 Å². The highest BCUT2D eigenvalue weighted by Gasteiger charge is 2.12. The van der Waals surface area contributed by atoms with Gasteiger partial charge in [-0.15, -0.1) is 5.10 Å². The number of benzene rings is 2. The average molecular weight is 347 g/mol. The lowest BCUT2D eigenvalue weighted by Crippen LogP contribution is -2.17. The Morgan fingerprint density at radius 3 is 2.62 bits per heavy atom. The van der Waals surface area contributed by atoms with Crippen LogP contribution in [-0.2, 0) is 0 Å². The fourth-order valence-corrected chi connectivity index (χ4v) is 2.85. The van der Waals surface area contributed by atoms with E-state index >= 15 is 0 Å². The molecule has 0 saturated heterocycles. The summed E-state index contributed by atoms with van der Waals surface area (Å²) in [5.74, 6) is -0.528. The molecule has 0 bridgehead atoms. The molecule has 128 valence electrons. The fraction of sp³-hybridized carbons (Fsp3) is 0.0526. The number of hydrogen-bond acceptors (Lipinski definition) is 4. The van der Waals surface area contributed by atoms with Crippen LogP contribution in [0.5, 0.6) is 0 Å². The Kier molecular flexibility index (Phi) is 3.89. The van der Waals surface area contributed by atoms with Gasteiger partial charge in [-0.3, -0.25) is 4.79 Å². The number of hydrogen-bond donors (Lipinski definition) is 2. The van der Waals surface area contributed by atoms with Crippen LogP contribution in [0.15, 0.2) is 55.0 Å². The van der Waals surface area contributed by atoms with Gasteiger partial charge in [0.05, 0.1) is 18.0 Å². The van der Waals surface area contributed by atoms with E-state index in [0.717, 1.165) is 16.6 Å². The molecule has 2 aromatic carbocycles. The zero-order valence-corrected chi connectivity index (χ0v) is 13.8. The smallest absolute Gasteiger partial charge is 0.251 e. The van der Waals surface area contributed by atoms with E-state index in [2.05, 4.69) is 25.5 Å². The minimum atomic E-state index is -0.343. The monoisotopic (exact) mass is 347 g/mol. The normalized spacial score (nSPS) is 10.8. The number of rotatable bonds is 3. The molecule has 2 N–H and O–H groups in total. The minimum Gasteiger partial charge on any atom is -0.355 e. The molecule has 2 heterocycles. The van der Waals surface area contributed by atoms with Crippen molar-refractivity contribution >= 4 is 17.1 Å². The molecule has 2 aromatic heterocycles. The molecular weight excluding hydrogens is 333 g/mol. The first-order valence-corrected chi connectivity index (χ1v) is 7.94. The maximum atomic E-state index is 14.4. The van der Waals surface area contributed by atoms with Crippen molar-refractivity contribution in [3.8, 4) is 22.3 Å². The second-order valence-electron chi connectivity index (χ2n) is 5.71. The molecule has 0 radical (unpaired) electrons. The van der Waals surface area contributed by atoms with Gasteiger partial charge in [0.25, 0.3) is 5.91 Å². The van der Waals surface area contributed by atoms with E-state index in [-0.39, 0.29) is 11.7 Å². The van der Waals surface area contributed by atoms with Crippen molar-refractivity contribution in [1.82, 2.24) is 25.5 Å². The van der Waals surface area contributed by atoms with Crippen molar-refractivity contribution in [2.45, 2.75) is 0 Å². The predicted octanol–water partition coefficient (Wildman–Crippen LogP) is 3.19. The lowest BCUT2D eigenvalue weighted by atomic mass is 9.98. The number of amides is 1. The topological polar surface area (TPSA) is 83.6 Å². The molecule has 6 nitrogen and oxygen atoms in total. The van der Waals surface area contributed by atoms with Crippen LogP contribution in [0.3, 0.4) is 0 Å². The third-order valence-electron chi connectivity index (χ3n) is 4.19. The minimum absolute atomic E-state index is 0.185. The molecule has 0 spiro atoms. The Morgan fingerprint density at radius 2 is 1.85 bits per heavy atom. The van der Waals surface area contributed by atoms with Crippen molar-refractivity contribution < 1.29 is 9.18 Å². The van der Waals surface area contributed by atoms with Crippen molar-refractivity contribution in [3.05, 3.63) is 66.4 Å². The van der Waals surface area contributed by atoms with E-state index < -0.39 is 0 Å². The zero-order chi connectivity index (χ0) is 18.1. The molecule has 0 fully saturated rings. The summed E-state index contributed by atoms with van der Waals surface area (Å²) in [6.45, 7) is 0. The van der Waals surface area contributed by atoms with Gasteiger partial charge < -0.3 is 10.3 Å². The molecule has 0 atom stereocenters. The third-order valence-corrected chi connectivity index (χ3v) is 4.19. The number of fused-ring (bicyclic) bond motifs is 1. The first kappa shape index (κ1) is 15.9. The molecule has 7 heteroatoms. The van der Waals surface area contributed by atoms with Gasteiger partial charge in [0, 0.05) is 23.7 Å². The Bertz CT molecular complexity index is 1100. The molecule has 4 aromatic rings. The standard InChI is InChI=1S/C19H14FN5O/c1-21-19(26)12-4-2-11(3-5-12)14-8-13(6-7-16(14)20)15-9-24-25-18-17(15)22-10-23-18/h2-10H,1H3,(H,21,26)(H,22,23,25). The maximum absolute atomic E-state index is 14.4. The maximum Gasteiger partial charge on any atom is 0.251 e. The van der Waals surface area contributed by atoms with E-state index in [0.29, 0.717) is 22.3 Å². The molecule has 0 saturated carbocycles. The average Bonchev–Trinajstić information content (AvgIpc) is 3.17. The van der Waals surface area contributed by atoms with Crippen LogP contribution in [0, 0.1) is 5.82 Å². The number of carbonyl (C=O) groups excluding carboxylic acids is 1. The van der Waals surface area contributed by atoms with Crippen molar-refractivity contribution in [2.75, 3.05) is 7.05 Å². The molecule has 0 aliphatic rings. The summed E-state index contributed by atoms with van der Waals surface area (Å²) in [4.78, 5) is 18.8. The predicted molar refractivity (Wildman–Crippen MR) is 95.9 cm³/mol. The van der Waals surface area contributed by atoms with Crippen LogP contribution < -0.4 is 5.32 Å². The Morgan fingerprint density at radius 1 is 1.08 bits per heavy atom. The number of aromatic amines is 1. The summed E-state index contributed by atoms with van der Waals surface area (Å²) >= 11 is 0. The number of carbonyl (C=O) groups is 1. The summed E-state index contributed by atoms with van der Waals surface area (Å²) < 4.78 is 14.4. The number of nitrogens with zero attached hydrogens (tertiary/aromatic N) is 3. The van der Waals surface area contributed by atoms with E-state index in [1.807, 2.05) is 0 Å². The SMILES string of the molecule is CNC(=O)c1ccc(-c2cc(-c3cnnc4nc[nH]c34)ccc2F)cc1. The second kappa shape index (κ2) is 6.36. The van der Waals surface area contributed by atoms with Gasteiger partial charge in [-0.25, -0.2) is 9.37 Å². The number of halogens is 1. The number of aromatic nitrogens is 4. The first-order chi connectivity index (χ1) is 12.7. The summed E-state index contributed by atoms with van der Waals surface area (Å²) in [7, 11) is 1.57. The molecule has 0 aliphatic heterocycles. The molecule has 0 aliphatic carbocycles. The van der Waals surface area contributed by atoms with Crippen LogP contribution in [0.4, 0.5) is 4.39 Å². The quantitative estimate of drug-likeness (QED) is 0.596. The molecule has 1 amide bonds. The molecule has 4 rings (SSSR count). The van der Waals surface area contributed by atoms with Gasteiger partial charge in [0.15, 0.2) is 5.65 Å². The number of H-pyrrole nitrogens is 1.